The zero-order chi connectivity index (χ0) is 19.5. The van der Waals surface area contributed by atoms with Crippen molar-refractivity contribution >= 4 is 5.91 Å². The summed E-state index contributed by atoms with van der Waals surface area (Å²) in [5.41, 5.74) is 1.53. The van der Waals surface area contributed by atoms with E-state index in [-0.39, 0.29) is 18.0 Å². The molecule has 7 heteroatoms. The van der Waals surface area contributed by atoms with Crippen LogP contribution in [-0.4, -0.2) is 47.7 Å². The first-order valence-corrected chi connectivity index (χ1v) is 9.18. The molecule has 1 aliphatic heterocycles. The second-order valence-corrected chi connectivity index (χ2v) is 6.91. The molecule has 1 fully saturated rings. The van der Waals surface area contributed by atoms with Gasteiger partial charge in [-0.15, -0.1) is 0 Å². The van der Waals surface area contributed by atoms with Gasteiger partial charge in [0.25, 0.3) is 5.91 Å². The minimum atomic E-state index is -0.0998. The number of carbonyl (C=O) groups is 1. The lowest BCUT2D eigenvalue weighted by Crippen LogP contribution is -2.36. The Morgan fingerprint density at radius 2 is 1.93 bits per heavy atom. The lowest BCUT2D eigenvalue weighted by atomic mass is 10.1. The highest BCUT2D eigenvalue weighted by Crippen LogP contribution is 2.31. The average molecular weight is 378 g/mol. The molecule has 144 valence electrons. The molecule has 2 heterocycles. The highest BCUT2D eigenvalue weighted by molar-refractivity contribution is 5.94. The van der Waals surface area contributed by atoms with Gasteiger partial charge in [0.1, 0.15) is 5.75 Å². The number of nitrogens with one attached hydrogen (secondary N) is 1. The van der Waals surface area contributed by atoms with Crippen molar-refractivity contribution in [3.8, 4) is 17.1 Å². The molecule has 7 nitrogen and oxygen atoms in total. The molecule has 28 heavy (non-hydrogen) atoms. The second kappa shape index (κ2) is 7.82. The number of aromatic nitrogens is 2. The van der Waals surface area contributed by atoms with Crippen LogP contribution in [0.5, 0.6) is 5.75 Å². The van der Waals surface area contributed by atoms with Crippen molar-refractivity contribution < 1.29 is 14.1 Å². The maximum absolute atomic E-state index is 12.5. The summed E-state index contributed by atoms with van der Waals surface area (Å²) in [6.45, 7) is 0.718. The van der Waals surface area contributed by atoms with E-state index in [0.717, 1.165) is 24.3 Å². The molecule has 0 saturated carbocycles. The van der Waals surface area contributed by atoms with E-state index < -0.39 is 0 Å². The Morgan fingerprint density at radius 1 is 1.18 bits per heavy atom. The molecule has 0 spiro atoms. The van der Waals surface area contributed by atoms with Gasteiger partial charge in [0.05, 0.1) is 13.2 Å². The van der Waals surface area contributed by atoms with Crippen molar-refractivity contribution in [2.75, 3.05) is 20.7 Å². The summed E-state index contributed by atoms with van der Waals surface area (Å²) in [5, 5.41) is 7.19. The first-order valence-electron chi connectivity index (χ1n) is 9.18. The molecule has 2 unspecified atom stereocenters. The fourth-order valence-corrected chi connectivity index (χ4v) is 3.48. The maximum atomic E-state index is 12.5. The van der Waals surface area contributed by atoms with Crippen molar-refractivity contribution in [3.63, 3.8) is 0 Å². The van der Waals surface area contributed by atoms with E-state index >= 15 is 0 Å². The summed E-state index contributed by atoms with van der Waals surface area (Å²) in [6.07, 6.45) is 0.717. The van der Waals surface area contributed by atoms with Crippen molar-refractivity contribution in [2.45, 2.75) is 18.5 Å². The van der Waals surface area contributed by atoms with Crippen LogP contribution in [0.3, 0.4) is 0 Å². The van der Waals surface area contributed by atoms with Gasteiger partial charge in [-0.3, -0.25) is 9.69 Å². The molecular formula is C21H22N4O3. The van der Waals surface area contributed by atoms with E-state index in [1.54, 1.807) is 31.4 Å². The molecule has 4 rings (SSSR count). The van der Waals surface area contributed by atoms with Gasteiger partial charge in [0.15, 0.2) is 0 Å². The molecule has 1 aliphatic rings. The summed E-state index contributed by atoms with van der Waals surface area (Å²) < 4.78 is 10.6. The SMILES string of the molecule is COc1ccc(C(=O)NC2CC(c3nc(-c4ccccc4)no3)N(C)C2)cc1. The van der Waals surface area contributed by atoms with Crippen LogP contribution in [0.4, 0.5) is 0 Å². The highest BCUT2D eigenvalue weighted by atomic mass is 16.5. The van der Waals surface area contributed by atoms with Crippen molar-refractivity contribution in [1.29, 1.82) is 0 Å². The Kier molecular flexibility index (Phi) is 5.08. The van der Waals surface area contributed by atoms with Crippen LogP contribution in [0.1, 0.15) is 28.7 Å². The van der Waals surface area contributed by atoms with Crippen LogP contribution in [-0.2, 0) is 0 Å². The predicted octanol–water partition coefficient (Wildman–Crippen LogP) is 2.92. The Labute approximate surface area is 163 Å². The topological polar surface area (TPSA) is 80.5 Å². The molecule has 3 aromatic rings. The molecule has 0 aliphatic carbocycles. The summed E-state index contributed by atoms with van der Waals surface area (Å²) in [7, 11) is 3.60. The summed E-state index contributed by atoms with van der Waals surface area (Å²) in [5.74, 6) is 1.78. The van der Waals surface area contributed by atoms with Gasteiger partial charge < -0.3 is 14.6 Å². The van der Waals surface area contributed by atoms with Crippen LogP contribution >= 0.6 is 0 Å². The van der Waals surface area contributed by atoms with Crippen LogP contribution < -0.4 is 10.1 Å². The third kappa shape index (κ3) is 3.75. The second-order valence-electron chi connectivity index (χ2n) is 6.91. The number of ether oxygens (including phenoxy) is 1. The molecule has 1 amide bonds. The third-order valence-corrected chi connectivity index (χ3v) is 4.99. The lowest BCUT2D eigenvalue weighted by molar-refractivity contribution is 0.0938. The number of nitrogens with zero attached hydrogens (tertiary/aromatic N) is 3. The van der Waals surface area contributed by atoms with Crippen LogP contribution in [0, 0.1) is 0 Å². The number of hydrogen-bond donors (Lipinski definition) is 1. The Balaban J connectivity index is 1.42. The van der Waals surface area contributed by atoms with Crippen LogP contribution in [0.25, 0.3) is 11.4 Å². The first-order chi connectivity index (χ1) is 13.6. The van der Waals surface area contributed by atoms with Crippen LogP contribution in [0.15, 0.2) is 59.1 Å². The maximum Gasteiger partial charge on any atom is 0.251 e. The van der Waals surface area contributed by atoms with Gasteiger partial charge in [-0.25, -0.2) is 0 Å². The molecule has 0 bridgehead atoms. The summed E-state index contributed by atoms with van der Waals surface area (Å²) >= 11 is 0. The van der Waals surface area contributed by atoms with Gasteiger partial charge in [-0.2, -0.15) is 4.98 Å². The van der Waals surface area contributed by atoms with E-state index in [0.29, 0.717) is 17.3 Å². The number of rotatable bonds is 5. The van der Waals surface area contributed by atoms with Crippen LogP contribution in [0.2, 0.25) is 0 Å². The summed E-state index contributed by atoms with van der Waals surface area (Å²) in [6, 6.07) is 16.8. The zero-order valence-electron chi connectivity index (χ0n) is 15.8. The zero-order valence-corrected chi connectivity index (χ0v) is 15.8. The van der Waals surface area contributed by atoms with Crippen molar-refractivity contribution in [3.05, 3.63) is 66.1 Å². The Bertz CT molecular complexity index is 940. The van der Waals surface area contributed by atoms with Crippen molar-refractivity contribution in [2.24, 2.45) is 0 Å². The standard InChI is InChI=1S/C21H22N4O3/c1-25-13-16(22-20(26)15-8-10-17(27-2)11-9-15)12-18(25)21-23-19(24-28-21)14-6-4-3-5-7-14/h3-11,16,18H,12-13H2,1-2H3,(H,22,26). The number of likely N-dealkylation sites (tertiary alicyclic amines) is 1. The van der Waals surface area contributed by atoms with E-state index in [9.17, 15) is 4.79 Å². The minimum absolute atomic E-state index is 0.0108. The van der Waals surface area contributed by atoms with Gasteiger partial charge in [0, 0.05) is 23.7 Å². The fourth-order valence-electron chi connectivity index (χ4n) is 3.48. The van der Waals surface area contributed by atoms with Crippen molar-refractivity contribution in [1.82, 2.24) is 20.4 Å². The molecule has 2 aromatic carbocycles. The normalized spacial score (nSPS) is 19.5. The number of carbonyl (C=O) groups excluding carboxylic acids is 1. The largest absolute Gasteiger partial charge is 0.497 e. The molecular weight excluding hydrogens is 356 g/mol. The molecule has 1 aromatic heterocycles. The minimum Gasteiger partial charge on any atom is -0.497 e. The Hall–Kier alpha value is -3.19. The van der Waals surface area contributed by atoms with Gasteiger partial charge in [-0.05, 0) is 37.7 Å². The van der Waals surface area contributed by atoms with E-state index in [4.69, 9.17) is 9.26 Å². The lowest BCUT2D eigenvalue weighted by Gasteiger charge is -2.14. The smallest absolute Gasteiger partial charge is 0.251 e. The van der Waals surface area contributed by atoms with E-state index in [2.05, 4.69) is 20.4 Å². The monoisotopic (exact) mass is 378 g/mol. The van der Waals surface area contributed by atoms with Gasteiger partial charge >= 0.3 is 0 Å². The van der Waals surface area contributed by atoms with E-state index in [1.807, 2.05) is 37.4 Å². The van der Waals surface area contributed by atoms with E-state index in [1.165, 1.54) is 0 Å². The first kappa shape index (κ1) is 18.2. The number of likely N-dealkylation sites (N-methyl/N-ethyl adjacent to an activating group) is 1. The number of amides is 1. The fraction of sp³-hybridized carbons (Fsp3) is 0.286. The molecule has 1 N–H and O–H groups in total. The molecule has 1 saturated heterocycles. The molecule has 0 radical (unpaired) electrons. The predicted molar refractivity (Wildman–Crippen MR) is 104 cm³/mol. The van der Waals surface area contributed by atoms with Gasteiger partial charge in [-0.1, -0.05) is 35.5 Å². The Morgan fingerprint density at radius 3 is 2.64 bits per heavy atom. The number of methoxy groups -OCH3 is 1. The number of hydrogen-bond acceptors (Lipinski definition) is 6. The number of benzene rings is 2. The summed E-state index contributed by atoms with van der Waals surface area (Å²) in [4.78, 5) is 19.2. The quantitative estimate of drug-likeness (QED) is 0.735. The molecule has 2 atom stereocenters. The highest BCUT2D eigenvalue weighted by Gasteiger charge is 2.35. The third-order valence-electron chi connectivity index (χ3n) is 4.99. The average Bonchev–Trinajstić information content (AvgIpc) is 3.35. The van der Waals surface area contributed by atoms with Gasteiger partial charge in [0.2, 0.25) is 11.7 Å².